The molecule has 0 aliphatic carbocycles. The summed E-state index contributed by atoms with van der Waals surface area (Å²) in [7, 11) is 1.67. The summed E-state index contributed by atoms with van der Waals surface area (Å²) < 4.78 is 5.23. The summed E-state index contributed by atoms with van der Waals surface area (Å²) in [5.41, 5.74) is 4.10. The first-order chi connectivity index (χ1) is 12.7. The number of fused-ring (bicyclic) bond motifs is 1. The summed E-state index contributed by atoms with van der Waals surface area (Å²) >= 11 is 0. The smallest absolute Gasteiger partial charge is 0.143 e. The maximum absolute atomic E-state index is 5.23. The Hall–Kier alpha value is -3.34. The zero-order valence-corrected chi connectivity index (χ0v) is 14.7. The third kappa shape index (κ3) is 3.11. The van der Waals surface area contributed by atoms with Crippen LogP contribution in [0.4, 0.5) is 5.82 Å². The Morgan fingerprint density at radius 1 is 1.00 bits per heavy atom. The van der Waals surface area contributed by atoms with Crippen LogP contribution in [0.25, 0.3) is 22.3 Å². The molecule has 0 spiro atoms. The van der Waals surface area contributed by atoms with E-state index in [1.165, 1.54) is 5.56 Å². The van der Waals surface area contributed by atoms with E-state index in [1.807, 2.05) is 42.5 Å². The summed E-state index contributed by atoms with van der Waals surface area (Å²) in [4.78, 5) is 12.2. The van der Waals surface area contributed by atoms with Gasteiger partial charge in [0.2, 0.25) is 0 Å². The van der Waals surface area contributed by atoms with Crippen molar-refractivity contribution in [2.45, 2.75) is 13.0 Å². The zero-order valence-electron chi connectivity index (χ0n) is 14.7. The van der Waals surface area contributed by atoms with Crippen LogP contribution in [0.3, 0.4) is 0 Å². The summed E-state index contributed by atoms with van der Waals surface area (Å²) in [6, 6.07) is 20.5. The first kappa shape index (κ1) is 16.1. The lowest BCUT2D eigenvalue weighted by Gasteiger charge is -2.15. The number of hydrogen-bond donors (Lipinski definition) is 2. The van der Waals surface area contributed by atoms with Crippen LogP contribution in [0.2, 0.25) is 0 Å². The van der Waals surface area contributed by atoms with Crippen molar-refractivity contribution in [3.63, 3.8) is 0 Å². The molecule has 5 nitrogen and oxygen atoms in total. The van der Waals surface area contributed by atoms with E-state index >= 15 is 0 Å². The van der Waals surface area contributed by atoms with Gasteiger partial charge in [0.05, 0.1) is 12.5 Å². The zero-order chi connectivity index (χ0) is 17.9. The SMILES string of the molecule is COc1ccc(-c2cc3c(NC(C)c4ccccc4)ncnc3[nH]2)cc1. The van der Waals surface area contributed by atoms with Crippen LogP contribution in [-0.2, 0) is 0 Å². The van der Waals surface area contributed by atoms with Crippen LogP contribution in [0.15, 0.2) is 67.0 Å². The van der Waals surface area contributed by atoms with E-state index in [1.54, 1.807) is 13.4 Å². The maximum atomic E-state index is 5.23. The second-order valence-corrected chi connectivity index (χ2v) is 6.17. The average molecular weight is 344 g/mol. The number of nitrogens with zero attached hydrogens (tertiary/aromatic N) is 2. The van der Waals surface area contributed by atoms with Gasteiger partial charge in [0.1, 0.15) is 23.5 Å². The minimum atomic E-state index is 0.147. The number of rotatable bonds is 5. The number of methoxy groups -OCH3 is 1. The Balaban J connectivity index is 1.67. The molecule has 4 aromatic rings. The van der Waals surface area contributed by atoms with E-state index < -0.39 is 0 Å². The average Bonchev–Trinajstić information content (AvgIpc) is 3.14. The minimum Gasteiger partial charge on any atom is -0.497 e. The third-order valence-corrected chi connectivity index (χ3v) is 4.48. The molecule has 2 aromatic carbocycles. The summed E-state index contributed by atoms with van der Waals surface area (Å²) in [5.74, 6) is 1.66. The van der Waals surface area contributed by atoms with Gasteiger partial charge in [-0.1, -0.05) is 30.3 Å². The first-order valence-electron chi connectivity index (χ1n) is 8.54. The molecule has 130 valence electrons. The predicted octanol–water partition coefficient (Wildman–Crippen LogP) is 4.81. The highest BCUT2D eigenvalue weighted by molar-refractivity contribution is 5.91. The van der Waals surface area contributed by atoms with Gasteiger partial charge in [-0.15, -0.1) is 0 Å². The lowest BCUT2D eigenvalue weighted by molar-refractivity contribution is 0.415. The number of H-pyrrole nitrogens is 1. The van der Waals surface area contributed by atoms with Gasteiger partial charge < -0.3 is 15.0 Å². The monoisotopic (exact) mass is 344 g/mol. The van der Waals surface area contributed by atoms with E-state index in [-0.39, 0.29) is 6.04 Å². The lowest BCUT2D eigenvalue weighted by Crippen LogP contribution is -2.08. The fourth-order valence-electron chi connectivity index (χ4n) is 3.01. The normalized spacial score (nSPS) is 12.1. The number of anilines is 1. The quantitative estimate of drug-likeness (QED) is 0.545. The largest absolute Gasteiger partial charge is 0.497 e. The molecule has 2 N–H and O–H groups in total. The van der Waals surface area contributed by atoms with E-state index in [4.69, 9.17) is 4.74 Å². The Bertz CT molecular complexity index is 1010. The van der Waals surface area contributed by atoms with Gasteiger partial charge in [-0.2, -0.15) is 0 Å². The molecule has 0 amide bonds. The molecule has 26 heavy (non-hydrogen) atoms. The van der Waals surface area contributed by atoms with Crippen molar-refractivity contribution in [3.05, 3.63) is 72.6 Å². The highest BCUT2D eigenvalue weighted by atomic mass is 16.5. The van der Waals surface area contributed by atoms with Gasteiger partial charge in [-0.05, 0) is 48.4 Å². The highest BCUT2D eigenvalue weighted by Gasteiger charge is 2.12. The standard InChI is InChI=1S/C21H20N4O/c1-14(15-6-4-3-5-7-15)24-20-18-12-19(25-21(18)23-13-22-20)16-8-10-17(26-2)11-9-16/h3-14H,1-2H3,(H2,22,23,24,25). The van der Waals surface area contributed by atoms with Crippen molar-refractivity contribution >= 4 is 16.9 Å². The van der Waals surface area contributed by atoms with Crippen LogP contribution in [0, 0.1) is 0 Å². The fraction of sp³-hybridized carbons (Fsp3) is 0.143. The maximum Gasteiger partial charge on any atom is 0.143 e. The first-order valence-corrected chi connectivity index (χ1v) is 8.54. The number of aromatic amines is 1. The van der Waals surface area contributed by atoms with Gasteiger partial charge >= 0.3 is 0 Å². The van der Waals surface area contributed by atoms with Crippen molar-refractivity contribution in [1.82, 2.24) is 15.0 Å². The number of benzene rings is 2. The predicted molar refractivity (Wildman–Crippen MR) is 104 cm³/mol. The van der Waals surface area contributed by atoms with Gasteiger partial charge in [0.25, 0.3) is 0 Å². The van der Waals surface area contributed by atoms with Crippen molar-refractivity contribution in [1.29, 1.82) is 0 Å². The molecule has 4 rings (SSSR count). The molecule has 0 aliphatic rings. The molecule has 5 heteroatoms. The molecule has 1 atom stereocenters. The molecule has 2 heterocycles. The topological polar surface area (TPSA) is 62.8 Å². The Kier molecular flexibility index (Phi) is 4.27. The molecular formula is C21H20N4O. The number of aromatic nitrogens is 3. The van der Waals surface area contributed by atoms with Gasteiger partial charge in [-0.3, -0.25) is 0 Å². The van der Waals surface area contributed by atoms with E-state index in [2.05, 4.69) is 45.4 Å². The van der Waals surface area contributed by atoms with Crippen LogP contribution in [-0.4, -0.2) is 22.1 Å². The van der Waals surface area contributed by atoms with E-state index in [0.29, 0.717) is 0 Å². The Morgan fingerprint density at radius 3 is 2.50 bits per heavy atom. The summed E-state index contributed by atoms with van der Waals surface area (Å²) in [6.45, 7) is 2.13. The van der Waals surface area contributed by atoms with Crippen LogP contribution in [0.5, 0.6) is 5.75 Å². The second kappa shape index (κ2) is 6.88. The van der Waals surface area contributed by atoms with Crippen molar-refractivity contribution < 1.29 is 4.74 Å². The number of nitrogens with one attached hydrogen (secondary N) is 2. The number of ether oxygens (including phenoxy) is 1. The summed E-state index contributed by atoms with van der Waals surface area (Å²) in [5, 5.41) is 4.47. The molecule has 0 aliphatic heterocycles. The highest BCUT2D eigenvalue weighted by Crippen LogP contribution is 2.29. The van der Waals surface area contributed by atoms with E-state index in [0.717, 1.165) is 33.9 Å². The van der Waals surface area contributed by atoms with Crippen molar-refractivity contribution in [3.8, 4) is 17.0 Å². The fourth-order valence-corrected chi connectivity index (χ4v) is 3.01. The second-order valence-electron chi connectivity index (χ2n) is 6.17. The van der Waals surface area contributed by atoms with Crippen molar-refractivity contribution in [2.75, 3.05) is 12.4 Å². The minimum absolute atomic E-state index is 0.147. The van der Waals surface area contributed by atoms with Crippen molar-refractivity contribution in [2.24, 2.45) is 0 Å². The Labute approximate surface area is 152 Å². The molecule has 0 bridgehead atoms. The van der Waals surface area contributed by atoms with Gasteiger partial charge in [0.15, 0.2) is 0 Å². The molecule has 0 fully saturated rings. The molecular weight excluding hydrogens is 324 g/mol. The van der Waals surface area contributed by atoms with Crippen LogP contribution < -0.4 is 10.1 Å². The molecule has 0 radical (unpaired) electrons. The molecule has 0 saturated carbocycles. The number of hydrogen-bond acceptors (Lipinski definition) is 4. The summed E-state index contributed by atoms with van der Waals surface area (Å²) in [6.07, 6.45) is 1.58. The molecule has 1 unspecified atom stereocenters. The van der Waals surface area contributed by atoms with Gasteiger partial charge in [-0.25, -0.2) is 9.97 Å². The Morgan fingerprint density at radius 2 is 1.77 bits per heavy atom. The lowest BCUT2D eigenvalue weighted by atomic mass is 10.1. The molecule has 0 saturated heterocycles. The van der Waals surface area contributed by atoms with Crippen LogP contribution >= 0.6 is 0 Å². The van der Waals surface area contributed by atoms with Crippen LogP contribution in [0.1, 0.15) is 18.5 Å². The molecule has 2 aromatic heterocycles. The third-order valence-electron chi connectivity index (χ3n) is 4.48. The van der Waals surface area contributed by atoms with E-state index in [9.17, 15) is 0 Å². The van der Waals surface area contributed by atoms with Gasteiger partial charge in [0, 0.05) is 11.7 Å².